The van der Waals surface area contributed by atoms with Crippen molar-refractivity contribution in [2.45, 2.75) is 46.0 Å². The van der Waals surface area contributed by atoms with Crippen molar-refractivity contribution in [1.29, 1.82) is 0 Å². The van der Waals surface area contributed by atoms with Crippen LogP contribution in [-0.2, 0) is 28.8 Å². The largest absolute Gasteiger partial charge is 0.466 e. The molecule has 150 valence electrons. The van der Waals surface area contributed by atoms with Crippen LogP contribution < -0.4 is 5.32 Å². The highest BCUT2D eigenvalue weighted by Crippen LogP contribution is 2.31. The molecule has 1 aliphatic rings. The highest BCUT2D eigenvalue weighted by Gasteiger charge is 2.23. The summed E-state index contributed by atoms with van der Waals surface area (Å²) in [6.45, 7) is 4.13. The number of amides is 1. The predicted molar refractivity (Wildman–Crippen MR) is 114 cm³/mol. The van der Waals surface area contributed by atoms with Crippen LogP contribution in [0.15, 0.2) is 23.6 Å². The monoisotopic (exact) mass is 409 g/mol. The maximum absolute atomic E-state index is 13.3. The van der Waals surface area contributed by atoms with Gasteiger partial charge >= 0.3 is 5.97 Å². The first-order chi connectivity index (χ1) is 14.0. The van der Waals surface area contributed by atoms with Crippen molar-refractivity contribution < 1.29 is 14.3 Å². The van der Waals surface area contributed by atoms with Gasteiger partial charge in [0.1, 0.15) is 0 Å². The Balaban J connectivity index is 1.66. The zero-order chi connectivity index (χ0) is 20.4. The van der Waals surface area contributed by atoms with Crippen LogP contribution in [0.5, 0.6) is 0 Å². The second-order valence-corrected chi connectivity index (χ2v) is 8.08. The zero-order valence-electron chi connectivity index (χ0n) is 16.6. The minimum Gasteiger partial charge on any atom is -0.466 e. The number of esters is 1. The van der Waals surface area contributed by atoms with Gasteiger partial charge in [-0.05, 0) is 57.2 Å². The molecule has 29 heavy (non-hydrogen) atoms. The van der Waals surface area contributed by atoms with Crippen molar-refractivity contribution in [2.75, 3.05) is 11.9 Å². The molecule has 6 nitrogen and oxygen atoms in total. The summed E-state index contributed by atoms with van der Waals surface area (Å²) in [4.78, 5) is 34.1. The molecule has 1 aromatic carbocycles. The molecule has 1 amide bonds. The third kappa shape index (κ3) is 4.15. The molecule has 4 rings (SSSR count). The van der Waals surface area contributed by atoms with Gasteiger partial charge < -0.3 is 4.74 Å². The number of aromatic nitrogens is 2. The smallest absolute Gasteiger partial charge is 0.311 e. The van der Waals surface area contributed by atoms with Gasteiger partial charge in [-0.25, -0.2) is 4.98 Å². The average Bonchev–Trinajstić information content (AvgIpc) is 3.12. The van der Waals surface area contributed by atoms with Crippen LogP contribution in [-0.4, -0.2) is 28.5 Å². The zero-order valence-corrected chi connectivity index (χ0v) is 17.4. The lowest BCUT2D eigenvalue weighted by atomic mass is 9.89. The molecule has 0 fully saturated rings. The van der Waals surface area contributed by atoms with E-state index in [0.717, 1.165) is 53.4 Å². The molecule has 3 aromatic rings. The van der Waals surface area contributed by atoms with Crippen molar-refractivity contribution in [1.82, 2.24) is 9.97 Å². The molecule has 0 aliphatic heterocycles. The van der Waals surface area contributed by atoms with Gasteiger partial charge in [-0.2, -0.15) is 0 Å². The lowest BCUT2D eigenvalue weighted by molar-refractivity contribution is -0.142. The number of hydrogen-bond acceptors (Lipinski definition) is 6. The molecule has 2 aromatic heterocycles. The summed E-state index contributed by atoms with van der Waals surface area (Å²) in [6, 6.07) is 6.03. The minimum absolute atomic E-state index is 0.104. The molecular formula is C22H23N3O3S. The van der Waals surface area contributed by atoms with Crippen LogP contribution in [0.4, 0.5) is 5.13 Å². The Hall–Kier alpha value is -2.80. The van der Waals surface area contributed by atoms with Gasteiger partial charge in [0.15, 0.2) is 5.13 Å². The number of carbonyl (C=O) groups excluding carboxylic acids is 2. The molecule has 0 saturated heterocycles. The number of nitrogens with zero attached hydrogens (tertiary/aromatic N) is 2. The predicted octanol–water partition coefficient (Wildman–Crippen LogP) is 4.24. The summed E-state index contributed by atoms with van der Waals surface area (Å²) in [5.74, 6) is -0.487. The van der Waals surface area contributed by atoms with E-state index in [-0.39, 0.29) is 18.3 Å². The number of anilines is 1. The van der Waals surface area contributed by atoms with E-state index in [0.29, 0.717) is 23.0 Å². The van der Waals surface area contributed by atoms with Crippen molar-refractivity contribution in [3.05, 3.63) is 51.7 Å². The Bertz CT molecular complexity index is 1090. The average molecular weight is 410 g/mol. The first-order valence-electron chi connectivity index (χ1n) is 9.88. The quantitative estimate of drug-likeness (QED) is 0.638. The molecule has 0 radical (unpaired) electrons. The van der Waals surface area contributed by atoms with Crippen molar-refractivity contribution in [2.24, 2.45) is 0 Å². The topological polar surface area (TPSA) is 81.2 Å². The van der Waals surface area contributed by atoms with Crippen LogP contribution in [0.3, 0.4) is 0 Å². The maximum atomic E-state index is 13.3. The highest BCUT2D eigenvalue weighted by molar-refractivity contribution is 7.14. The van der Waals surface area contributed by atoms with Gasteiger partial charge in [0.2, 0.25) is 0 Å². The fourth-order valence-electron chi connectivity index (χ4n) is 3.76. The number of fused-ring (bicyclic) bond motifs is 2. The van der Waals surface area contributed by atoms with Crippen LogP contribution >= 0.6 is 11.3 Å². The van der Waals surface area contributed by atoms with Gasteiger partial charge in [-0.1, -0.05) is 11.6 Å². The minimum atomic E-state index is -0.319. The van der Waals surface area contributed by atoms with Crippen LogP contribution in [0.2, 0.25) is 0 Å². The first kappa shape index (κ1) is 19.5. The number of rotatable bonds is 5. The number of pyridine rings is 1. The lowest BCUT2D eigenvalue weighted by Crippen LogP contribution is -2.19. The fourth-order valence-corrected chi connectivity index (χ4v) is 4.47. The molecule has 7 heteroatoms. The van der Waals surface area contributed by atoms with Crippen LogP contribution in [0.25, 0.3) is 10.9 Å². The van der Waals surface area contributed by atoms with Gasteiger partial charge in [0.05, 0.1) is 29.8 Å². The lowest BCUT2D eigenvalue weighted by Gasteiger charge is -2.20. The summed E-state index contributed by atoms with van der Waals surface area (Å²) < 4.78 is 4.96. The van der Waals surface area contributed by atoms with E-state index in [9.17, 15) is 9.59 Å². The SMILES string of the molecule is CCOC(=O)Cc1csc(NC(=O)c2c3c(nc4ccc(C)cc24)CCCC3)n1. The number of hydrogen-bond donors (Lipinski definition) is 1. The first-order valence-corrected chi connectivity index (χ1v) is 10.8. The Morgan fingerprint density at radius 2 is 2.03 bits per heavy atom. The van der Waals surface area contributed by atoms with Gasteiger partial charge in [0, 0.05) is 16.5 Å². The third-order valence-corrected chi connectivity index (χ3v) is 5.85. The Labute approximate surface area is 173 Å². The summed E-state index contributed by atoms with van der Waals surface area (Å²) >= 11 is 1.31. The number of nitrogens with one attached hydrogen (secondary N) is 1. The third-order valence-electron chi connectivity index (χ3n) is 5.05. The van der Waals surface area contributed by atoms with E-state index in [1.807, 2.05) is 25.1 Å². The van der Waals surface area contributed by atoms with E-state index in [1.165, 1.54) is 11.3 Å². The number of carbonyl (C=O) groups is 2. The van der Waals surface area contributed by atoms with E-state index >= 15 is 0 Å². The summed E-state index contributed by atoms with van der Waals surface area (Å²) in [6.07, 6.45) is 4.03. The van der Waals surface area contributed by atoms with E-state index in [2.05, 4.69) is 10.3 Å². The van der Waals surface area contributed by atoms with Gasteiger partial charge in [0.25, 0.3) is 5.91 Å². The summed E-state index contributed by atoms with van der Waals surface area (Å²) in [5, 5.41) is 6.07. The van der Waals surface area contributed by atoms with Crippen LogP contribution in [0, 0.1) is 6.92 Å². The molecule has 0 bridgehead atoms. The summed E-state index contributed by atoms with van der Waals surface area (Å²) in [5.41, 5.74) is 5.32. The van der Waals surface area contributed by atoms with Crippen molar-refractivity contribution in [3.8, 4) is 0 Å². The molecule has 0 unspecified atom stereocenters. The Kier molecular flexibility index (Phi) is 5.58. The summed E-state index contributed by atoms with van der Waals surface area (Å²) in [7, 11) is 0. The number of thiazole rings is 1. The van der Waals surface area contributed by atoms with Gasteiger partial charge in [-0.15, -0.1) is 11.3 Å². The van der Waals surface area contributed by atoms with E-state index < -0.39 is 0 Å². The molecule has 0 spiro atoms. The van der Waals surface area contributed by atoms with E-state index in [1.54, 1.807) is 12.3 Å². The molecule has 2 heterocycles. The maximum Gasteiger partial charge on any atom is 0.311 e. The Morgan fingerprint density at radius 1 is 1.21 bits per heavy atom. The van der Waals surface area contributed by atoms with Crippen molar-refractivity contribution >= 4 is 39.2 Å². The van der Waals surface area contributed by atoms with Crippen LogP contribution in [0.1, 0.15) is 52.6 Å². The number of benzene rings is 1. The molecule has 0 saturated carbocycles. The second kappa shape index (κ2) is 8.29. The normalized spacial score (nSPS) is 13.2. The molecule has 0 atom stereocenters. The van der Waals surface area contributed by atoms with Crippen molar-refractivity contribution in [3.63, 3.8) is 0 Å². The van der Waals surface area contributed by atoms with E-state index in [4.69, 9.17) is 9.72 Å². The molecule has 1 N–H and O–H groups in total. The standard InChI is InChI=1S/C22H23N3O3S/c1-3-28-19(26)11-14-12-29-22(23-14)25-21(27)20-15-6-4-5-7-17(15)24-18-9-8-13(2)10-16(18)20/h8-10,12H,3-7,11H2,1-2H3,(H,23,25,27). The molecular weight excluding hydrogens is 386 g/mol. The fraction of sp³-hybridized carbons (Fsp3) is 0.364. The molecule has 1 aliphatic carbocycles. The number of aryl methyl sites for hydroxylation is 2. The highest BCUT2D eigenvalue weighted by atomic mass is 32.1. The second-order valence-electron chi connectivity index (χ2n) is 7.22. The van der Waals surface area contributed by atoms with Gasteiger partial charge in [-0.3, -0.25) is 19.9 Å². The Morgan fingerprint density at radius 3 is 2.86 bits per heavy atom. The number of ether oxygens (including phenoxy) is 1.